The van der Waals surface area contributed by atoms with Gasteiger partial charge < -0.3 is 14.7 Å². The zero-order chi connectivity index (χ0) is 26.2. The van der Waals surface area contributed by atoms with Crippen LogP contribution in [-0.2, 0) is 13.0 Å². The van der Waals surface area contributed by atoms with Gasteiger partial charge in [-0.15, -0.1) is 0 Å². The largest absolute Gasteiger partial charge is 0.496 e. The number of carbonyl (C=O) groups is 2. The van der Waals surface area contributed by atoms with Crippen molar-refractivity contribution in [3.63, 3.8) is 0 Å². The van der Waals surface area contributed by atoms with E-state index in [-0.39, 0.29) is 11.5 Å². The highest BCUT2D eigenvalue weighted by Crippen LogP contribution is 2.25. The highest BCUT2D eigenvalue weighted by molar-refractivity contribution is 5.96. The molecule has 0 saturated carbocycles. The lowest BCUT2D eigenvalue weighted by Crippen LogP contribution is -2.32. The summed E-state index contributed by atoms with van der Waals surface area (Å²) in [4.78, 5) is 27.1. The minimum atomic E-state index is -0.955. The highest BCUT2D eigenvalue weighted by atomic mass is 16.5. The van der Waals surface area contributed by atoms with Crippen molar-refractivity contribution >= 4 is 11.9 Å². The predicted octanol–water partition coefficient (Wildman–Crippen LogP) is 6.64. The van der Waals surface area contributed by atoms with Crippen molar-refractivity contribution in [2.45, 2.75) is 26.3 Å². The van der Waals surface area contributed by atoms with Crippen LogP contribution < -0.4 is 4.74 Å². The van der Waals surface area contributed by atoms with Crippen molar-refractivity contribution < 1.29 is 19.4 Å². The quantitative estimate of drug-likeness (QED) is 0.269. The summed E-state index contributed by atoms with van der Waals surface area (Å²) in [5.74, 6) is -0.313. The van der Waals surface area contributed by atoms with E-state index in [0.717, 1.165) is 29.5 Å². The Balaban J connectivity index is 1.55. The van der Waals surface area contributed by atoms with Gasteiger partial charge in [0.2, 0.25) is 0 Å². The summed E-state index contributed by atoms with van der Waals surface area (Å²) in [7, 11) is 1.61. The fourth-order valence-electron chi connectivity index (χ4n) is 4.44. The molecule has 0 radical (unpaired) electrons. The lowest BCUT2D eigenvalue weighted by molar-refractivity contribution is 0.0696. The molecule has 0 saturated heterocycles. The predicted molar refractivity (Wildman–Crippen MR) is 146 cm³/mol. The van der Waals surface area contributed by atoms with Crippen LogP contribution in [0.2, 0.25) is 0 Å². The second kappa shape index (κ2) is 12.0. The van der Waals surface area contributed by atoms with Gasteiger partial charge >= 0.3 is 5.97 Å². The number of rotatable bonds is 10. The Bertz CT molecular complexity index is 1360. The smallest absolute Gasteiger partial charge is 0.336 e. The molecule has 5 heteroatoms. The van der Waals surface area contributed by atoms with E-state index in [4.69, 9.17) is 4.74 Å². The molecule has 4 rings (SSSR count). The molecule has 0 spiro atoms. The molecule has 0 fully saturated rings. The topological polar surface area (TPSA) is 66.8 Å². The number of nitrogens with zero attached hydrogens (tertiary/aromatic N) is 1. The number of hydrogen-bond acceptors (Lipinski definition) is 3. The zero-order valence-corrected chi connectivity index (χ0v) is 21.2. The van der Waals surface area contributed by atoms with Crippen LogP contribution in [0, 0.1) is 6.92 Å². The molecular weight excluding hydrogens is 462 g/mol. The van der Waals surface area contributed by atoms with Crippen LogP contribution in [0.1, 0.15) is 43.8 Å². The first-order valence-electron chi connectivity index (χ1n) is 12.4. The van der Waals surface area contributed by atoms with Gasteiger partial charge in [-0.25, -0.2) is 4.79 Å². The maximum Gasteiger partial charge on any atom is 0.336 e. The normalized spacial score (nSPS) is 10.6. The standard InChI is InChI=1S/C32H31NO4/c1-23-14-17-27(21-30(23)37-2)31(34)33(20-8-11-24-9-4-3-5-10-24)22-25-15-18-26(19-16-25)28-12-6-7-13-29(28)32(35)36/h3-7,9-10,12-19,21H,8,11,20,22H2,1-2H3,(H,35,36). The van der Waals surface area contributed by atoms with E-state index < -0.39 is 5.97 Å². The van der Waals surface area contributed by atoms with Crippen molar-refractivity contribution in [3.8, 4) is 16.9 Å². The van der Waals surface area contributed by atoms with Crippen LogP contribution in [-0.4, -0.2) is 35.5 Å². The van der Waals surface area contributed by atoms with Gasteiger partial charge in [0.05, 0.1) is 12.7 Å². The van der Waals surface area contributed by atoms with E-state index in [1.807, 2.05) is 78.6 Å². The first kappa shape index (κ1) is 25.7. The molecule has 0 bridgehead atoms. The summed E-state index contributed by atoms with van der Waals surface area (Å²) in [5, 5.41) is 9.54. The lowest BCUT2D eigenvalue weighted by Gasteiger charge is -2.24. The van der Waals surface area contributed by atoms with Crippen molar-refractivity contribution in [1.82, 2.24) is 4.90 Å². The fraction of sp³-hybridized carbons (Fsp3) is 0.188. The average molecular weight is 494 g/mol. The SMILES string of the molecule is COc1cc(C(=O)N(CCCc2ccccc2)Cc2ccc(-c3ccccc3C(=O)O)cc2)ccc1C. The number of methoxy groups -OCH3 is 1. The van der Waals surface area contributed by atoms with Gasteiger partial charge in [0, 0.05) is 18.7 Å². The summed E-state index contributed by atoms with van der Waals surface area (Å²) >= 11 is 0. The van der Waals surface area contributed by atoms with Gasteiger partial charge in [0.1, 0.15) is 5.75 Å². The van der Waals surface area contributed by atoms with Gasteiger partial charge in [0.25, 0.3) is 5.91 Å². The zero-order valence-electron chi connectivity index (χ0n) is 21.2. The summed E-state index contributed by atoms with van der Waals surface area (Å²) < 4.78 is 5.44. The molecule has 1 amide bonds. The molecule has 37 heavy (non-hydrogen) atoms. The lowest BCUT2D eigenvalue weighted by atomic mass is 9.98. The van der Waals surface area contributed by atoms with Gasteiger partial charge in [0.15, 0.2) is 0 Å². The summed E-state index contributed by atoms with van der Waals surface area (Å²) in [5.41, 5.74) is 5.55. The number of amides is 1. The Kier molecular flexibility index (Phi) is 8.37. The first-order valence-corrected chi connectivity index (χ1v) is 12.4. The minimum absolute atomic E-state index is 0.0494. The van der Waals surface area contributed by atoms with E-state index >= 15 is 0 Å². The number of hydrogen-bond donors (Lipinski definition) is 1. The number of benzene rings is 4. The van der Waals surface area contributed by atoms with E-state index in [1.165, 1.54) is 5.56 Å². The Morgan fingerprint density at radius 2 is 1.54 bits per heavy atom. The summed E-state index contributed by atoms with van der Waals surface area (Å²) in [6.45, 7) is 3.01. The molecule has 4 aromatic carbocycles. The number of aryl methyl sites for hydroxylation is 2. The van der Waals surface area contributed by atoms with Crippen LogP contribution >= 0.6 is 0 Å². The molecule has 0 aromatic heterocycles. The second-order valence-corrected chi connectivity index (χ2v) is 9.05. The Hall–Kier alpha value is -4.38. The number of ether oxygens (including phenoxy) is 1. The molecule has 1 N–H and O–H groups in total. The number of aromatic carboxylic acids is 1. The molecule has 0 heterocycles. The highest BCUT2D eigenvalue weighted by Gasteiger charge is 2.18. The molecule has 0 atom stereocenters. The van der Waals surface area contributed by atoms with Gasteiger partial charge in [-0.05, 0) is 65.8 Å². The van der Waals surface area contributed by atoms with Crippen LogP contribution in [0.15, 0.2) is 97.1 Å². The van der Waals surface area contributed by atoms with Crippen molar-refractivity contribution in [3.05, 3.63) is 125 Å². The molecule has 5 nitrogen and oxygen atoms in total. The Morgan fingerprint density at radius 3 is 2.24 bits per heavy atom. The third kappa shape index (κ3) is 6.44. The first-order chi connectivity index (χ1) is 18.0. The monoisotopic (exact) mass is 493 g/mol. The average Bonchev–Trinajstić information content (AvgIpc) is 2.93. The van der Waals surface area contributed by atoms with E-state index in [2.05, 4.69) is 12.1 Å². The fourth-order valence-corrected chi connectivity index (χ4v) is 4.44. The minimum Gasteiger partial charge on any atom is -0.496 e. The van der Waals surface area contributed by atoms with Crippen LogP contribution in [0.3, 0.4) is 0 Å². The third-order valence-electron chi connectivity index (χ3n) is 6.47. The van der Waals surface area contributed by atoms with Crippen molar-refractivity contribution in [2.75, 3.05) is 13.7 Å². The molecule has 4 aromatic rings. The van der Waals surface area contributed by atoms with E-state index in [1.54, 1.807) is 25.3 Å². The Labute approximate surface area is 218 Å². The molecule has 0 aliphatic rings. The molecule has 188 valence electrons. The number of carbonyl (C=O) groups excluding carboxylic acids is 1. The second-order valence-electron chi connectivity index (χ2n) is 9.05. The van der Waals surface area contributed by atoms with Crippen LogP contribution in [0.25, 0.3) is 11.1 Å². The molecular formula is C32H31NO4. The van der Waals surface area contributed by atoms with Gasteiger partial charge in [-0.1, -0.05) is 78.9 Å². The summed E-state index contributed by atoms with van der Waals surface area (Å²) in [6.07, 6.45) is 1.72. The third-order valence-corrected chi connectivity index (χ3v) is 6.47. The molecule has 0 aliphatic carbocycles. The van der Waals surface area contributed by atoms with Crippen molar-refractivity contribution in [2.24, 2.45) is 0 Å². The summed E-state index contributed by atoms with van der Waals surface area (Å²) in [6, 6.07) is 30.5. The maximum absolute atomic E-state index is 13.6. The maximum atomic E-state index is 13.6. The van der Waals surface area contributed by atoms with E-state index in [9.17, 15) is 14.7 Å². The van der Waals surface area contributed by atoms with Gasteiger partial charge in [-0.2, -0.15) is 0 Å². The molecule has 0 aliphatic heterocycles. The molecule has 0 unspecified atom stereocenters. The van der Waals surface area contributed by atoms with E-state index in [0.29, 0.717) is 30.0 Å². The van der Waals surface area contributed by atoms with Crippen molar-refractivity contribution in [1.29, 1.82) is 0 Å². The number of carboxylic acid groups (broad SMARTS) is 1. The van der Waals surface area contributed by atoms with Crippen LogP contribution in [0.5, 0.6) is 5.75 Å². The van der Waals surface area contributed by atoms with Gasteiger partial charge in [-0.3, -0.25) is 4.79 Å². The number of carboxylic acids is 1. The Morgan fingerprint density at radius 1 is 0.838 bits per heavy atom. The van der Waals surface area contributed by atoms with Crippen LogP contribution in [0.4, 0.5) is 0 Å².